The number of rotatable bonds is 9. The van der Waals surface area contributed by atoms with Crippen LogP contribution >= 0.6 is 7.29 Å². The summed E-state index contributed by atoms with van der Waals surface area (Å²) in [7, 11) is -3.05. The van der Waals surface area contributed by atoms with Gasteiger partial charge in [-0.05, 0) is 0 Å². The van der Waals surface area contributed by atoms with E-state index in [1.165, 1.54) is 4.46 Å². The number of benzene rings is 3. The van der Waals surface area contributed by atoms with E-state index in [0.717, 1.165) is 15.9 Å². The summed E-state index contributed by atoms with van der Waals surface area (Å²) in [6.07, 6.45) is 1.90. The first-order valence-electron chi connectivity index (χ1n) is 10.6. The Kier molecular flexibility index (Phi) is 8.14. The van der Waals surface area contributed by atoms with Gasteiger partial charge in [-0.25, -0.2) is 0 Å². The molecule has 162 valence electrons. The third-order valence-electron chi connectivity index (χ3n) is 5.40. The second kappa shape index (κ2) is 10.6. The van der Waals surface area contributed by atoms with Crippen LogP contribution in [0.25, 0.3) is 0 Å². The summed E-state index contributed by atoms with van der Waals surface area (Å²) in [6.45, 7) is 11.4. The van der Waals surface area contributed by atoms with Crippen LogP contribution in [0.15, 0.2) is 104 Å². The minimum atomic E-state index is -3.05. The molecule has 0 saturated carbocycles. The Labute approximate surface area is 194 Å². The average molecular weight is 496 g/mol. The zero-order chi connectivity index (χ0) is 22.3. The predicted molar refractivity (Wildman–Crippen MR) is 137 cm³/mol. The first-order valence-corrected chi connectivity index (χ1v) is 14.4. The van der Waals surface area contributed by atoms with E-state index in [2.05, 4.69) is 62.4 Å². The molecule has 0 bridgehead atoms. The summed E-state index contributed by atoms with van der Waals surface area (Å²) in [6, 6.07) is 30.7. The van der Waals surface area contributed by atoms with Crippen LogP contribution in [0.3, 0.4) is 0 Å². The van der Waals surface area contributed by atoms with Crippen LogP contribution in [0, 0.1) is 5.41 Å². The monoisotopic (exact) mass is 497 g/mol. The molecule has 0 saturated heterocycles. The molecular weight excluding hydrogens is 464 g/mol. The summed E-state index contributed by atoms with van der Waals surface area (Å²) in [5, 5.41) is 2.74. The molecule has 2 nitrogen and oxygen atoms in total. The molecular formula is C27H32NOPSe. The van der Waals surface area contributed by atoms with Crippen molar-refractivity contribution in [1.82, 2.24) is 4.67 Å². The predicted octanol–water partition coefficient (Wildman–Crippen LogP) is 5.27. The Bertz CT molecular complexity index is 956. The average Bonchev–Trinajstić information content (AvgIpc) is 2.79. The van der Waals surface area contributed by atoms with E-state index >= 15 is 4.57 Å². The zero-order valence-electron chi connectivity index (χ0n) is 18.6. The zero-order valence-corrected chi connectivity index (χ0v) is 21.3. The molecule has 0 heterocycles. The Morgan fingerprint density at radius 2 is 1.32 bits per heavy atom. The van der Waals surface area contributed by atoms with Crippen molar-refractivity contribution in [2.75, 3.05) is 6.54 Å². The molecule has 0 aliphatic carbocycles. The molecule has 0 spiro atoms. The summed E-state index contributed by atoms with van der Waals surface area (Å²) >= 11 is 0.289. The van der Waals surface area contributed by atoms with Crippen LogP contribution in [-0.2, 0) is 4.57 Å². The van der Waals surface area contributed by atoms with Gasteiger partial charge in [0, 0.05) is 0 Å². The standard InChI is InChI=1S/C27H32NOPSe/c1-5-21-28(26(27(2,3)4)22-31-25-19-13-8-14-20-25)30(29,23-15-9-6-10-16-23)24-17-11-7-12-18-24/h5-20,26H,1,21-22H2,2-4H3. The van der Waals surface area contributed by atoms with Gasteiger partial charge in [0.05, 0.1) is 0 Å². The molecule has 3 aromatic rings. The number of nitrogens with zero attached hydrogens (tertiary/aromatic N) is 1. The molecule has 0 aromatic heterocycles. The number of hydrogen-bond donors (Lipinski definition) is 0. The van der Waals surface area contributed by atoms with E-state index in [4.69, 9.17) is 0 Å². The Balaban J connectivity index is 2.11. The molecule has 3 aromatic carbocycles. The number of hydrogen-bond acceptors (Lipinski definition) is 1. The topological polar surface area (TPSA) is 20.3 Å². The van der Waals surface area contributed by atoms with Gasteiger partial charge in [0.25, 0.3) is 0 Å². The van der Waals surface area contributed by atoms with Crippen LogP contribution < -0.4 is 15.1 Å². The van der Waals surface area contributed by atoms with Gasteiger partial charge in [-0.2, -0.15) is 0 Å². The molecule has 3 rings (SSSR count). The van der Waals surface area contributed by atoms with Crippen LogP contribution in [0.4, 0.5) is 0 Å². The third-order valence-corrected chi connectivity index (χ3v) is 10.8. The molecule has 0 fully saturated rings. The van der Waals surface area contributed by atoms with E-state index in [0.29, 0.717) is 6.54 Å². The summed E-state index contributed by atoms with van der Waals surface area (Å²) in [5.74, 6) is 0. The van der Waals surface area contributed by atoms with Gasteiger partial charge in [-0.3, -0.25) is 0 Å². The van der Waals surface area contributed by atoms with Gasteiger partial charge in [0.2, 0.25) is 0 Å². The third kappa shape index (κ3) is 5.67. The Morgan fingerprint density at radius 1 is 0.871 bits per heavy atom. The van der Waals surface area contributed by atoms with Crippen molar-refractivity contribution in [3.05, 3.63) is 104 Å². The molecule has 0 aliphatic rings. The quantitative estimate of drug-likeness (QED) is 0.229. The van der Waals surface area contributed by atoms with Crippen LogP contribution in [-0.4, -0.2) is 32.2 Å². The van der Waals surface area contributed by atoms with Crippen molar-refractivity contribution in [1.29, 1.82) is 0 Å². The van der Waals surface area contributed by atoms with Crippen molar-refractivity contribution in [3.8, 4) is 0 Å². The summed E-state index contributed by atoms with van der Waals surface area (Å²) in [4.78, 5) is 0. The SMILES string of the molecule is C=CCN(C(C[Se]c1ccccc1)C(C)(C)C)P(=O)(c1ccccc1)c1ccccc1. The van der Waals surface area contributed by atoms with Crippen molar-refractivity contribution in [2.24, 2.45) is 5.41 Å². The van der Waals surface area contributed by atoms with E-state index in [9.17, 15) is 0 Å². The Hall–Kier alpha value is -1.89. The molecule has 4 heteroatoms. The second-order valence-corrected chi connectivity index (χ2v) is 13.7. The molecule has 0 aliphatic heterocycles. The van der Waals surface area contributed by atoms with E-state index in [-0.39, 0.29) is 26.4 Å². The molecule has 1 unspecified atom stereocenters. The van der Waals surface area contributed by atoms with Crippen molar-refractivity contribution >= 4 is 37.3 Å². The van der Waals surface area contributed by atoms with Crippen LogP contribution in [0.5, 0.6) is 0 Å². The molecule has 0 radical (unpaired) electrons. The first-order chi connectivity index (χ1) is 14.9. The maximum absolute atomic E-state index is 15.1. The van der Waals surface area contributed by atoms with E-state index in [1.54, 1.807) is 0 Å². The van der Waals surface area contributed by atoms with E-state index in [1.807, 2.05) is 66.7 Å². The van der Waals surface area contributed by atoms with Gasteiger partial charge in [-0.1, -0.05) is 0 Å². The van der Waals surface area contributed by atoms with Gasteiger partial charge >= 0.3 is 194 Å². The van der Waals surface area contributed by atoms with Gasteiger partial charge in [0.15, 0.2) is 0 Å². The molecule has 0 N–H and O–H groups in total. The van der Waals surface area contributed by atoms with Gasteiger partial charge in [-0.15, -0.1) is 0 Å². The minimum absolute atomic E-state index is 0.0429. The van der Waals surface area contributed by atoms with Gasteiger partial charge < -0.3 is 0 Å². The fourth-order valence-electron chi connectivity index (χ4n) is 3.75. The van der Waals surface area contributed by atoms with Crippen molar-refractivity contribution in [3.63, 3.8) is 0 Å². The molecule has 31 heavy (non-hydrogen) atoms. The maximum atomic E-state index is 15.1. The van der Waals surface area contributed by atoms with Crippen LogP contribution in [0.2, 0.25) is 5.32 Å². The normalized spacial score (nSPS) is 13.2. The first kappa shape index (κ1) is 23.8. The molecule has 0 amide bonds. The summed E-state index contributed by atoms with van der Waals surface area (Å²) < 4.78 is 18.7. The van der Waals surface area contributed by atoms with Crippen LogP contribution in [0.1, 0.15) is 20.8 Å². The van der Waals surface area contributed by atoms with E-state index < -0.39 is 7.29 Å². The fraction of sp³-hybridized carbons (Fsp3) is 0.259. The molecule has 1 atom stereocenters. The second-order valence-electron chi connectivity index (χ2n) is 8.66. The summed E-state index contributed by atoms with van der Waals surface area (Å²) in [5.41, 5.74) is -0.0429. The Morgan fingerprint density at radius 3 is 1.74 bits per heavy atom. The van der Waals surface area contributed by atoms with Gasteiger partial charge in [0.1, 0.15) is 0 Å². The van der Waals surface area contributed by atoms with Crippen molar-refractivity contribution in [2.45, 2.75) is 32.1 Å². The fourth-order valence-corrected chi connectivity index (χ4v) is 10.1. The van der Waals surface area contributed by atoms with Crippen molar-refractivity contribution < 1.29 is 4.57 Å².